The molecule has 0 atom stereocenters. The summed E-state index contributed by atoms with van der Waals surface area (Å²) in [6.45, 7) is 0.120. The maximum Gasteiger partial charge on any atom is 0.416 e. The molecule has 0 radical (unpaired) electrons. The fraction of sp³-hybridized carbons (Fsp3) is 0.455. The molecule has 0 unspecified atom stereocenters. The first-order chi connectivity index (χ1) is 8.57. The van der Waals surface area contributed by atoms with Crippen molar-refractivity contribution >= 4 is 11.6 Å². The second kappa shape index (κ2) is 5.58. The lowest BCUT2D eigenvalue weighted by Gasteiger charge is -2.17. The predicted molar refractivity (Wildman–Crippen MR) is 58.8 cm³/mol. The van der Waals surface area contributed by atoms with Crippen LogP contribution in [0, 0.1) is 0 Å². The van der Waals surface area contributed by atoms with Crippen molar-refractivity contribution in [1.29, 1.82) is 0 Å². The number of nitrogens with two attached hydrogens (primary N) is 1. The Hall–Kier alpha value is -0.950. The third kappa shape index (κ3) is 4.01. The van der Waals surface area contributed by atoms with Crippen molar-refractivity contribution in [2.75, 3.05) is 6.54 Å². The van der Waals surface area contributed by atoms with Crippen molar-refractivity contribution in [3.63, 3.8) is 0 Å². The SMILES string of the molecule is NCCCc1c(Cl)cc(C(F)(F)F)cc1C(F)(F)F. The molecule has 0 aromatic heterocycles. The minimum atomic E-state index is -4.89. The molecule has 0 aliphatic heterocycles. The summed E-state index contributed by atoms with van der Waals surface area (Å²) in [5.74, 6) is 0. The smallest absolute Gasteiger partial charge is 0.330 e. The average Bonchev–Trinajstić information content (AvgIpc) is 2.23. The van der Waals surface area contributed by atoms with Crippen LogP contribution in [0.15, 0.2) is 12.1 Å². The number of alkyl halides is 6. The van der Waals surface area contributed by atoms with E-state index in [1.54, 1.807) is 0 Å². The van der Waals surface area contributed by atoms with Gasteiger partial charge in [-0.1, -0.05) is 11.6 Å². The molecule has 108 valence electrons. The molecule has 19 heavy (non-hydrogen) atoms. The van der Waals surface area contributed by atoms with E-state index in [1.807, 2.05) is 0 Å². The van der Waals surface area contributed by atoms with Gasteiger partial charge in [0.15, 0.2) is 0 Å². The van der Waals surface area contributed by atoms with Gasteiger partial charge in [0.25, 0.3) is 0 Å². The number of benzene rings is 1. The Labute approximate surface area is 110 Å². The van der Waals surface area contributed by atoms with E-state index in [4.69, 9.17) is 17.3 Å². The van der Waals surface area contributed by atoms with Crippen molar-refractivity contribution in [3.05, 3.63) is 33.8 Å². The van der Waals surface area contributed by atoms with Gasteiger partial charge in [0.2, 0.25) is 0 Å². The van der Waals surface area contributed by atoms with E-state index in [2.05, 4.69) is 0 Å². The summed E-state index contributed by atoms with van der Waals surface area (Å²) in [6, 6.07) is 0.584. The highest BCUT2D eigenvalue weighted by Crippen LogP contribution is 2.40. The first-order valence-corrected chi connectivity index (χ1v) is 5.62. The van der Waals surface area contributed by atoms with Crippen LogP contribution >= 0.6 is 11.6 Å². The lowest BCUT2D eigenvalue weighted by molar-refractivity contribution is -0.143. The maximum absolute atomic E-state index is 12.8. The lowest BCUT2D eigenvalue weighted by Crippen LogP contribution is -2.15. The van der Waals surface area contributed by atoms with E-state index < -0.39 is 28.5 Å². The first-order valence-electron chi connectivity index (χ1n) is 5.24. The number of halogens is 7. The Morgan fingerprint density at radius 2 is 1.58 bits per heavy atom. The van der Waals surface area contributed by atoms with E-state index in [1.165, 1.54) is 0 Å². The molecule has 8 heteroatoms. The number of rotatable bonds is 3. The zero-order chi connectivity index (χ0) is 14.8. The Balaban J connectivity index is 3.39. The molecule has 1 aromatic carbocycles. The summed E-state index contributed by atoms with van der Waals surface area (Å²) in [6.07, 6.45) is -9.69. The summed E-state index contributed by atoms with van der Waals surface area (Å²) in [5, 5.41) is -0.546. The molecule has 0 saturated heterocycles. The van der Waals surface area contributed by atoms with E-state index in [0.717, 1.165) is 0 Å². The second-order valence-corrected chi connectivity index (χ2v) is 4.28. The zero-order valence-corrected chi connectivity index (χ0v) is 10.3. The molecule has 1 nitrogen and oxygen atoms in total. The van der Waals surface area contributed by atoms with Gasteiger partial charge in [-0.05, 0) is 37.1 Å². The molecule has 0 heterocycles. The second-order valence-electron chi connectivity index (χ2n) is 3.87. The van der Waals surface area contributed by atoms with E-state index in [-0.39, 0.29) is 31.0 Å². The predicted octanol–water partition coefficient (Wildman–Crippen LogP) is 4.27. The number of hydrogen-bond donors (Lipinski definition) is 1. The van der Waals surface area contributed by atoms with Crippen LogP contribution in [0.5, 0.6) is 0 Å². The van der Waals surface area contributed by atoms with Crippen molar-refractivity contribution in [3.8, 4) is 0 Å². The summed E-state index contributed by atoms with van der Waals surface area (Å²) >= 11 is 5.54. The molecule has 0 aliphatic rings. The average molecular weight is 306 g/mol. The van der Waals surface area contributed by atoms with Crippen molar-refractivity contribution < 1.29 is 26.3 Å². The third-order valence-electron chi connectivity index (χ3n) is 2.46. The van der Waals surface area contributed by atoms with Gasteiger partial charge in [0.1, 0.15) is 0 Å². The highest BCUT2D eigenvalue weighted by Gasteiger charge is 2.39. The van der Waals surface area contributed by atoms with Gasteiger partial charge >= 0.3 is 12.4 Å². The number of hydrogen-bond acceptors (Lipinski definition) is 1. The van der Waals surface area contributed by atoms with Crippen LogP contribution in [0.25, 0.3) is 0 Å². The normalized spacial score (nSPS) is 12.8. The fourth-order valence-corrected chi connectivity index (χ4v) is 1.90. The first kappa shape index (κ1) is 16.1. The Morgan fingerprint density at radius 1 is 1.00 bits per heavy atom. The molecule has 1 aromatic rings. The van der Waals surface area contributed by atoms with Crippen LogP contribution < -0.4 is 5.73 Å². The summed E-state index contributed by atoms with van der Waals surface area (Å²) in [7, 11) is 0. The van der Waals surface area contributed by atoms with E-state index in [0.29, 0.717) is 6.07 Å². The van der Waals surface area contributed by atoms with Crippen LogP contribution in [0.1, 0.15) is 23.1 Å². The molecule has 0 saturated carbocycles. The van der Waals surface area contributed by atoms with E-state index in [9.17, 15) is 26.3 Å². The summed E-state index contributed by atoms with van der Waals surface area (Å²) in [5.41, 5.74) is 2.05. The Bertz CT molecular complexity index is 452. The minimum absolute atomic E-state index is 0.0811. The Kier molecular flexibility index (Phi) is 4.73. The van der Waals surface area contributed by atoms with Crippen LogP contribution in [0.2, 0.25) is 5.02 Å². The standard InChI is InChI=1S/C11H10ClF6N/c12-9-5-6(10(13,14)15)4-8(11(16,17)18)7(9)2-1-3-19/h4-5H,1-3,19H2. The third-order valence-corrected chi connectivity index (χ3v) is 2.80. The lowest BCUT2D eigenvalue weighted by atomic mass is 9.99. The molecule has 2 N–H and O–H groups in total. The van der Waals surface area contributed by atoms with Crippen molar-refractivity contribution in [2.45, 2.75) is 25.2 Å². The quantitative estimate of drug-likeness (QED) is 0.829. The van der Waals surface area contributed by atoms with Gasteiger partial charge in [0.05, 0.1) is 11.1 Å². The maximum atomic E-state index is 12.8. The van der Waals surface area contributed by atoms with Gasteiger partial charge in [-0.25, -0.2) is 0 Å². The largest absolute Gasteiger partial charge is 0.416 e. The van der Waals surface area contributed by atoms with Crippen LogP contribution in [0.3, 0.4) is 0 Å². The van der Waals surface area contributed by atoms with Gasteiger partial charge < -0.3 is 5.73 Å². The molecule has 0 bridgehead atoms. The molecular weight excluding hydrogens is 296 g/mol. The fourth-order valence-electron chi connectivity index (χ4n) is 1.59. The minimum Gasteiger partial charge on any atom is -0.330 e. The van der Waals surface area contributed by atoms with Crippen molar-refractivity contribution in [1.82, 2.24) is 0 Å². The highest BCUT2D eigenvalue weighted by atomic mass is 35.5. The van der Waals surface area contributed by atoms with Gasteiger partial charge in [0, 0.05) is 5.02 Å². The van der Waals surface area contributed by atoms with Crippen LogP contribution in [0.4, 0.5) is 26.3 Å². The summed E-state index contributed by atoms with van der Waals surface area (Å²) in [4.78, 5) is 0. The molecule has 0 spiro atoms. The molecule has 1 rings (SSSR count). The van der Waals surface area contributed by atoms with E-state index >= 15 is 0 Å². The van der Waals surface area contributed by atoms with Crippen molar-refractivity contribution in [2.24, 2.45) is 5.73 Å². The Morgan fingerprint density at radius 3 is 2.00 bits per heavy atom. The molecular formula is C11H10ClF6N. The van der Waals surface area contributed by atoms with Crippen LogP contribution in [-0.2, 0) is 18.8 Å². The highest BCUT2D eigenvalue weighted by molar-refractivity contribution is 6.31. The molecule has 0 aliphatic carbocycles. The monoisotopic (exact) mass is 305 g/mol. The topological polar surface area (TPSA) is 26.0 Å². The summed E-state index contributed by atoms with van der Waals surface area (Å²) < 4.78 is 75.7. The van der Waals surface area contributed by atoms with Gasteiger partial charge in [-0.2, -0.15) is 26.3 Å². The van der Waals surface area contributed by atoms with Gasteiger partial charge in [-0.15, -0.1) is 0 Å². The zero-order valence-electron chi connectivity index (χ0n) is 9.50. The molecule has 0 fully saturated rings. The molecule has 0 amide bonds. The van der Waals surface area contributed by atoms with Crippen LogP contribution in [-0.4, -0.2) is 6.54 Å². The van der Waals surface area contributed by atoms with Gasteiger partial charge in [-0.3, -0.25) is 0 Å².